The summed E-state index contributed by atoms with van der Waals surface area (Å²) in [4.78, 5) is 11.3. The van der Waals surface area contributed by atoms with Crippen molar-refractivity contribution in [3.8, 4) is 0 Å². The lowest BCUT2D eigenvalue weighted by atomic mass is 10.1. The first-order valence-electron chi connectivity index (χ1n) is 5.52. The molecule has 112 valence electrons. The van der Waals surface area contributed by atoms with Crippen LogP contribution in [-0.4, -0.2) is 24.5 Å². The van der Waals surface area contributed by atoms with Gasteiger partial charge in [-0.25, -0.2) is 4.79 Å². The predicted molar refractivity (Wildman–Crippen MR) is 63.7 cm³/mol. The first kappa shape index (κ1) is 16.7. The molecule has 1 aromatic carbocycles. The number of carbonyl (C=O) groups excluding carboxylic acids is 1. The SMILES string of the molecule is CCOC(=O)C(F)(F)c1ccc(SCC(F)(F)F)cc1. The smallest absolute Gasteiger partial charge is 0.398 e. The van der Waals surface area contributed by atoms with Crippen LogP contribution in [-0.2, 0) is 15.5 Å². The first-order chi connectivity index (χ1) is 9.16. The molecular weight excluding hydrogens is 303 g/mol. The maximum Gasteiger partial charge on any atom is 0.398 e. The number of hydrogen-bond acceptors (Lipinski definition) is 3. The summed E-state index contributed by atoms with van der Waals surface area (Å²) >= 11 is 0.479. The fourth-order valence-corrected chi connectivity index (χ4v) is 1.92. The lowest BCUT2D eigenvalue weighted by Gasteiger charge is -2.15. The Morgan fingerprint density at radius 2 is 1.70 bits per heavy atom. The standard InChI is InChI=1S/C12H11F5O2S/c1-2-19-10(18)12(16,17)8-3-5-9(6-4-8)20-7-11(13,14)15/h3-6H,2,7H2,1H3. The molecule has 20 heavy (non-hydrogen) atoms. The van der Waals surface area contributed by atoms with E-state index in [0.29, 0.717) is 11.8 Å². The highest BCUT2D eigenvalue weighted by Gasteiger charge is 2.42. The Hall–Kier alpha value is -1.31. The van der Waals surface area contributed by atoms with E-state index in [2.05, 4.69) is 4.74 Å². The van der Waals surface area contributed by atoms with Gasteiger partial charge in [0.2, 0.25) is 0 Å². The molecule has 0 N–H and O–H groups in total. The van der Waals surface area contributed by atoms with Gasteiger partial charge in [0.1, 0.15) is 0 Å². The zero-order valence-electron chi connectivity index (χ0n) is 10.3. The monoisotopic (exact) mass is 314 g/mol. The summed E-state index contributed by atoms with van der Waals surface area (Å²) in [6.45, 7) is 1.21. The summed E-state index contributed by atoms with van der Waals surface area (Å²) in [6.07, 6.45) is -4.34. The van der Waals surface area contributed by atoms with Crippen LogP contribution in [0.3, 0.4) is 0 Å². The molecule has 0 fully saturated rings. The van der Waals surface area contributed by atoms with Gasteiger partial charge in [-0.3, -0.25) is 0 Å². The van der Waals surface area contributed by atoms with Crippen molar-refractivity contribution in [3.63, 3.8) is 0 Å². The Labute approximate surface area is 116 Å². The molecule has 0 unspecified atom stereocenters. The summed E-state index contributed by atoms with van der Waals surface area (Å²) in [5.74, 6) is -6.61. The number of carbonyl (C=O) groups is 1. The Kier molecular flexibility index (Phi) is 5.38. The van der Waals surface area contributed by atoms with Crippen molar-refractivity contribution in [2.24, 2.45) is 0 Å². The molecular formula is C12H11F5O2S. The Morgan fingerprint density at radius 3 is 2.15 bits per heavy atom. The van der Waals surface area contributed by atoms with E-state index in [9.17, 15) is 26.7 Å². The number of benzene rings is 1. The van der Waals surface area contributed by atoms with Gasteiger partial charge in [0, 0.05) is 10.5 Å². The maximum atomic E-state index is 13.6. The molecule has 2 nitrogen and oxygen atoms in total. The van der Waals surface area contributed by atoms with Gasteiger partial charge >= 0.3 is 18.1 Å². The Bertz CT molecular complexity index is 456. The van der Waals surface area contributed by atoms with E-state index < -0.39 is 29.4 Å². The number of ether oxygens (including phenoxy) is 1. The number of alkyl halides is 5. The fraction of sp³-hybridized carbons (Fsp3) is 0.417. The lowest BCUT2D eigenvalue weighted by molar-refractivity contribution is -0.173. The summed E-state index contributed by atoms with van der Waals surface area (Å²) in [7, 11) is 0. The van der Waals surface area contributed by atoms with E-state index in [0.717, 1.165) is 24.3 Å². The van der Waals surface area contributed by atoms with Crippen LogP contribution >= 0.6 is 11.8 Å². The molecule has 0 saturated carbocycles. The molecule has 1 aromatic rings. The van der Waals surface area contributed by atoms with E-state index >= 15 is 0 Å². The van der Waals surface area contributed by atoms with Crippen LogP contribution in [0.5, 0.6) is 0 Å². The van der Waals surface area contributed by atoms with E-state index in [1.807, 2.05) is 0 Å². The lowest BCUT2D eigenvalue weighted by Crippen LogP contribution is -2.28. The Morgan fingerprint density at radius 1 is 1.15 bits per heavy atom. The number of esters is 1. The molecule has 0 aromatic heterocycles. The zero-order chi connectivity index (χ0) is 15.4. The molecule has 0 aliphatic heterocycles. The summed E-state index contributed by atoms with van der Waals surface area (Å²) in [6, 6.07) is 4.04. The number of thioether (sulfide) groups is 1. The molecule has 1 rings (SSSR count). The van der Waals surface area contributed by atoms with Crippen LogP contribution in [0.15, 0.2) is 29.2 Å². The first-order valence-corrected chi connectivity index (χ1v) is 6.50. The molecule has 0 amide bonds. The highest BCUT2D eigenvalue weighted by Crippen LogP contribution is 2.32. The van der Waals surface area contributed by atoms with Gasteiger partial charge in [0.25, 0.3) is 0 Å². The van der Waals surface area contributed by atoms with Crippen LogP contribution in [0, 0.1) is 0 Å². The van der Waals surface area contributed by atoms with Crippen molar-refractivity contribution >= 4 is 17.7 Å². The minimum absolute atomic E-state index is 0.186. The molecule has 0 aliphatic carbocycles. The van der Waals surface area contributed by atoms with Gasteiger partial charge in [-0.15, -0.1) is 11.8 Å². The second-order valence-electron chi connectivity index (χ2n) is 3.72. The quantitative estimate of drug-likeness (QED) is 0.467. The van der Waals surface area contributed by atoms with E-state index in [1.165, 1.54) is 6.92 Å². The molecule has 0 radical (unpaired) electrons. The molecule has 0 heterocycles. The molecule has 0 bridgehead atoms. The molecule has 0 saturated heterocycles. The van der Waals surface area contributed by atoms with Crippen molar-refractivity contribution in [2.45, 2.75) is 23.9 Å². The van der Waals surface area contributed by atoms with E-state index in [4.69, 9.17) is 0 Å². The fourth-order valence-electron chi connectivity index (χ4n) is 1.27. The summed E-state index contributed by atoms with van der Waals surface area (Å²) < 4.78 is 67.4. The van der Waals surface area contributed by atoms with Crippen LogP contribution in [0.4, 0.5) is 22.0 Å². The second-order valence-corrected chi connectivity index (χ2v) is 4.77. The third-order valence-electron chi connectivity index (χ3n) is 2.15. The highest BCUT2D eigenvalue weighted by molar-refractivity contribution is 7.99. The van der Waals surface area contributed by atoms with Gasteiger partial charge in [-0.1, -0.05) is 12.1 Å². The predicted octanol–water partition coefficient (Wildman–Crippen LogP) is 4.00. The summed E-state index contributed by atoms with van der Waals surface area (Å²) in [5, 5.41) is 0. The third-order valence-corrected chi connectivity index (χ3v) is 3.23. The van der Waals surface area contributed by atoms with Crippen molar-refractivity contribution in [2.75, 3.05) is 12.4 Å². The number of hydrogen-bond donors (Lipinski definition) is 0. The third kappa shape index (κ3) is 4.66. The second kappa shape index (κ2) is 6.43. The maximum absolute atomic E-state index is 13.6. The van der Waals surface area contributed by atoms with Crippen molar-refractivity contribution in [1.29, 1.82) is 0 Å². The van der Waals surface area contributed by atoms with Crippen LogP contribution in [0.2, 0.25) is 0 Å². The highest BCUT2D eigenvalue weighted by atomic mass is 32.2. The molecule has 0 spiro atoms. The van der Waals surface area contributed by atoms with Crippen molar-refractivity contribution in [1.82, 2.24) is 0 Å². The topological polar surface area (TPSA) is 26.3 Å². The Balaban J connectivity index is 2.78. The van der Waals surface area contributed by atoms with Crippen LogP contribution < -0.4 is 0 Å². The largest absolute Gasteiger partial charge is 0.461 e. The van der Waals surface area contributed by atoms with Crippen molar-refractivity contribution < 1.29 is 31.5 Å². The van der Waals surface area contributed by atoms with Gasteiger partial charge in [-0.05, 0) is 19.1 Å². The molecule has 0 aliphatic rings. The van der Waals surface area contributed by atoms with Gasteiger partial charge in [-0.2, -0.15) is 22.0 Å². The number of rotatable bonds is 5. The van der Waals surface area contributed by atoms with E-state index in [1.54, 1.807) is 0 Å². The average Bonchev–Trinajstić information content (AvgIpc) is 2.36. The molecule has 0 atom stereocenters. The summed E-state index contributed by atoms with van der Waals surface area (Å²) in [5.41, 5.74) is -0.618. The van der Waals surface area contributed by atoms with Gasteiger partial charge in [0.05, 0.1) is 12.4 Å². The van der Waals surface area contributed by atoms with Crippen LogP contribution in [0.25, 0.3) is 0 Å². The van der Waals surface area contributed by atoms with Gasteiger partial charge in [0.15, 0.2) is 0 Å². The van der Waals surface area contributed by atoms with E-state index in [-0.39, 0.29) is 11.5 Å². The van der Waals surface area contributed by atoms with Crippen LogP contribution in [0.1, 0.15) is 12.5 Å². The van der Waals surface area contributed by atoms with Gasteiger partial charge < -0.3 is 4.74 Å². The molecule has 8 heteroatoms. The van der Waals surface area contributed by atoms with Crippen molar-refractivity contribution in [3.05, 3.63) is 29.8 Å². The minimum atomic E-state index is -4.34. The normalized spacial score (nSPS) is 12.3. The zero-order valence-corrected chi connectivity index (χ0v) is 11.2. The minimum Gasteiger partial charge on any atom is -0.461 e. The number of halogens is 5. The average molecular weight is 314 g/mol.